The van der Waals surface area contributed by atoms with Crippen molar-refractivity contribution in [2.24, 2.45) is 5.73 Å². The van der Waals surface area contributed by atoms with Crippen LogP contribution in [-0.4, -0.2) is 28.2 Å². The topological polar surface area (TPSA) is 101 Å². The van der Waals surface area contributed by atoms with Gasteiger partial charge in [-0.05, 0) is 6.37 Å². The van der Waals surface area contributed by atoms with Gasteiger partial charge < -0.3 is 15.9 Å². The molecule has 0 spiro atoms. The Labute approximate surface area is 64.5 Å². The Morgan fingerprint density at radius 1 is 1.70 bits per heavy atom. The van der Waals surface area contributed by atoms with Gasteiger partial charge in [0.25, 0.3) is 0 Å². The van der Waals surface area contributed by atoms with E-state index < -0.39 is 30.7 Å². The third-order valence-electron chi connectivity index (χ3n) is 0.535. The molecule has 0 rings (SSSR count). The van der Waals surface area contributed by atoms with Gasteiger partial charge in [-0.3, -0.25) is 9.59 Å². The highest BCUT2D eigenvalue weighted by Crippen LogP contribution is 1.93. The molecule has 1 atom stereocenters. The molecule has 0 heterocycles. The number of aliphatic carboxylic acids is 2. The van der Waals surface area contributed by atoms with E-state index in [1.165, 1.54) is 0 Å². The first-order chi connectivity index (χ1) is 6.39. The fraction of sp³-hybridized carbons (Fsp3) is 0.600. The van der Waals surface area contributed by atoms with Crippen LogP contribution in [0.4, 0.5) is 0 Å². The van der Waals surface area contributed by atoms with Crippen molar-refractivity contribution in [1.29, 1.82) is 0 Å². The molecule has 0 saturated carbocycles. The minimum absolute atomic E-state index is 2.15. The average molecular weight is 154 g/mol. The molecule has 0 radical (unpaired) electrons. The molecule has 5 nitrogen and oxygen atoms in total. The molecule has 4 N–H and O–H groups in total. The zero-order chi connectivity index (χ0) is 12.7. The Kier molecular flexibility index (Phi) is 1.28. The summed E-state index contributed by atoms with van der Waals surface area (Å²) in [5, 5.41) is 16.8. The molecule has 0 aromatic carbocycles. The van der Waals surface area contributed by atoms with E-state index in [1.54, 1.807) is 0 Å². The minimum Gasteiger partial charge on any atom is -0.481 e. The lowest BCUT2D eigenvalue weighted by Gasteiger charge is -2.01. The summed E-state index contributed by atoms with van der Waals surface area (Å²) >= 11 is 0. The smallest absolute Gasteiger partial charge is 0.320 e. The van der Waals surface area contributed by atoms with Crippen LogP contribution < -0.4 is 5.73 Å². The Hall–Kier alpha value is -1.10. The van der Waals surface area contributed by atoms with Crippen LogP contribution >= 0.6 is 0 Å². The Balaban J connectivity index is 5.50. The lowest BCUT2D eigenvalue weighted by molar-refractivity contribution is -0.139. The Bertz CT molecular complexity index is 274. The van der Waals surface area contributed by atoms with E-state index in [0.29, 0.717) is 0 Å². The quantitative estimate of drug-likeness (QED) is 0.463. The molecule has 0 amide bonds. The second-order valence-corrected chi connectivity index (χ2v) is 1.27. The van der Waals surface area contributed by atoms with Gasteiger partial charge in [0.2, 0.25) is 0 Å². The van der Waals surface area contributed by atoms with Gasteiger partial charge in [-0.15, -0.1) is 0 Å². The molecular formula is C5H9NO4. The first-order valence-corrected chi connectivity index (χ1v) is 2.14. The Morgan fingerprint density at radius 2 is 2.20 bits per heavy atom. The van der Waals surface area contributed by atoms with Crippen LogP contribution in [0.3, 0.4) is 0 Å². The van der Waals surface area contributed by atoms with E-state index in [9.17, 15) is 9.59 Å². The minimum atomic E-state index is -3.59. The van der Waals surface area contributed by atoms with E-state index in [0.717, 1.165) is 0 Å². The molecule has 1 unspecified atom stereocenters. The van der Waals surface area contributed by atoms with Crippen LogP contribution in [0, 0.1) is 0 Å². The monoisotopic (exact) mass is 154 g/mol. The van der Waals surface area contributed by atoms with Crippen molar-refractivity contribution in [3.8, 4) is 0 Å². The van der Waals surface area contributed by atoms with Gasteiger partial charge in [0.05, 0.1) is 1.37 Å². The lowest BCUT2D eigenvalue weighted by Crippen LogP contribution is -2.30. The number of rotatable bonds is 4. The van der Waals surface area contributed by atoms with E-state index >= 15 is 0 Å². The van der Waals surface area contributed by atoms with Crippen molar-refractivity contribution < 1.29 is 26.7 Å². The molecule has 0 saturated heterocycles. The summed E-state index contributed by atoms with van der Waals surface area (Å²) in [6, 6.07) is -3.39. The van der Waals surface area contributed by atoms with Crippen LogP contribution in [0.2, 0.25) is 0 Å². The van der Waals surface area contributed by atoms with E-state index in [1.807, 2.05) is 0 Å². The number of carboxylic acid groups (broad SMARTS) is 2. The highest BCUT2D eigenvalue weighted by atomic mass is 16.5. The number of hydrogen-bond donors (Lipinski definition) is 3. The summed E-state index contributed by atoms with van der Waals surface area (Å²) in [5.74, 6) is -4.38. The van der Waals surface area contributed by atoms with Gasteiger partial charge in [0, 0.05) is 11.9 Å². The molecule has 0 aliphatic heterocycles. The van der Waals surface area contributed by atoms with Crippen molar-refractivity contribution in [3.63, 3.8) is 0 Å². The summed E-state index contributed by atoms with van der Waals surface area (Å²) in [4.78, 5) is 20.8. The predicted molar refractivity (Wildman–Crippen MR) is 32.5 cm³/mol. The highest BCUT2D eigenvalue weighted by Gasteiger charge is 2.12. The van der Waals surface area contributed by atoms with Crippen LogP contribution in [0.15, 0.2) is 0 Å². The van der Waals surface area contributed by atoms with Gasteiger partial charge in [-0.25, -0.2) is 0 Å². The third-order valence-corrected chi connectivity index (χ3v) is 0.535. The molecule has 0 aliphatic rings. The third kappa shape index (κ3) is 3.85. The molecule has 5 heteroatoms. The second kappa shape index (κ2) is 3.84. The molecule has 0 bridgehead atoms. The molecule has 0 aromatic heterocycles. The van der Waals surface area contributed by atoms with Gasteiger partial charge >= 0.3 is 11.9 Å². The van der Waals surface area contributed by atoms with Crippen molar-refractivity contribution in [2.75, 3.05) is 0 Å². The molecule has 58 valence electrons. The maximum Gasteiger partial charge on any atom is 0.320 e. The number of hydrogen-bond acceptors (Lipinski definition) is 3. The van der Waals surface area contributed by atoms with Crippen LogP contribution in [0.25, 0.3) is 0 Å². The van der Waals surface area contributed by atoms with Crippen molar-refractivity contribution in [2.45, 2.75) is 18.8 Å². The predicted octanol–water partition coefficient (Wildman–Crippen LogP) is -0.737. The summed E-state index contributed by atoms with van der Waals surface area (Å²) in [6.45, 7) is 0. The van der Waals surface area contributed by atoms with Crippen molar-refractivity contribution in [1.82, 2.24) is 0 Å². The second-order valence-electron chi connectivity index (χ2n) is 1.27. The molecular weight excluding hydrogens is 140 g/mol. The fourth-order valence-electron chi connectivity index (χ4n) is 0.174. The lowest BCUT2D eigenvalue weighted by atomic mass is 10.5. The average Bonchev–Trinajstić information content (AvgIpc) is 2.02. The maximum absolute atomic E-state index is 10.4. The number of carbonyl (C=O) groups is 2. The zero-order valence-corrected chi connectivity index (χ0v) is 4.79. The van der Waals surface area contributed by atoms with Crippen LogP contribution in [0.1, 0.15) is 19.6 Å². The van der Waals surface area contributed by atoms with Gasteiger partial charge in [0.1, 0.15) is 6.02 Å². The fourth-order valence-corrected chi connectivity index (χ4v) is 0.174. The maximum atomic E-state index is 10.4. The largest absolute Gasteiger partial charge is 0.481 e. The van der Waals surface area contributed by atoms with E-state index in [2.05, 4.69) is 0 Å². The summed E-state index contributed by atoms with van der Waals surface area (Å²) in [6.07, 6.45) is -7.17. The molecule has 0 fully saturated rings. The molecule has 10 heavy (non-hydrogen) atoms. The van der Waals surface area contributed by atoms with Crippen molar-refractivity contribution >= 4 is 11.9 Å². The first-order valence-electron chi connectivity index (χ1n) is 4.64. The number of carboxylic acids is 2. The van der Waals surface area contributed by atoms with E-state index in [4.69, 9.17) is 22.8 Å². The summed E-state index contributed by atoms with van der Waals surface area (Å²) in [7, 11) is 0. The van der Waals surface area contributed by atoms with E-state index in [-0.39, 0.29) is 0 Å². The van der Waals surface area contributed by atoms with Gasteiger partial charge in [0.15, 0.2) is 0 Å². The van der Waals surface area contributed by atoms with Crippen molar-refractivity contribution in [3.05, 3.63) is 0 Å². The molecule has 0 aromatic rings. The normalized spacial score (nSPS) is 25.9. The first kappa shape index (κ1) is 3.34. The SMILES string of the molecule is [2H]C([2H])([13C](=O)O)C([2H])([2H])[13C]([2H])(N)C(=O)O. The van der Waals surface area contributed by atoms with Gasteiger partial charge in [-0.2, -0.15) is 0 Å². The standard InChI is InChI=1S/C5H9NO4/c6-3(5(9)10)1-2-4(7)8/h3H,1-2,6H2,(H,7,8)(H,9,10)/i1D2,2D2,3+1D,4+1. The van der Waals surface area contributed by atoms with Crippen LogP contribution in [0.5, 0.6) is 0 Å². The summed E-state index contributed by atoms with van der Waals surface area (Å²) in [5.41, 5.74) is 4.75. The highest BCUT2D eigenvalue weighted by molar-refractivity contribution is 5.74. The molecule has 0 aliphatic carbocycles. The van der Waals surface area contributed by atoms with Gasteiger partial charge in [-0.1, -0.05) is 0 Å². The number of nitrogens with two attached hydrogens (primary N) is 1. The summed E-state index contributed by atoms with van der Waals surface area (Å²) < 4.78 is 34.7. The van der Waals surface area contributed by atoms with Crippen LogP contribution in [-0.2, 0) is 9.59 Å². The zero-order valence-electron chi connectivity index (χ0n) is 9.79. The Morgan fingerprint density at radius 3 is 2.50 bits per heavy atom.